The summed E-state index contributed by atoms with van der Waals surface area (Å²) in [5, 5.41) is 11.8. The van der Waals surface area contributed by atoms with Gasteiger partial charge in [-0.1, -0.05) is 11.6 Å². The quantitative estimate of drug-likeness (QED) is 0.894. The molecule has 0 spiro atoms. The van der Waals surface area contributed by atoms with Crippen molar-refractivity contribution < 1.29 is 14.6 Å². The molecule has 88 valence electrons. The van der Waals surface area contributed by atoms with Crippen LogP contribution in [0.3, 0.4) is 0 Å². The minimum absolute atomic E-state index is 0.0234. The van der Waals surface area contributed by atoms with Gasteiger partial charge >= 0.3 is 5.97 Å². The second kappa shape index (κ2) is 4.99. The van der Waals surface area contributed by atoms with E-state index in [2.05, 4.69) is 4.98 Å². The number of carbonyl (C=O) groups is 1. The minimum Gasteiger partial charge on any atom is -0.481 e. The molecule has 0 aliphatic carbocycles. The number of aromatic nitrogens is 1. The van der Waals surface area contributed by atoms with Gasteiger partial charge < -0.3 is 14.7 Å². The van der Waals surface area contributed by atoms with Gasteiger partial charge in [-0.05, 0) is 0 Å². The maximum atomic E-state index is 10.6. The van der Waals surface area contributed by atoms with Gasteiger partial charge in [-0.25, -0.2) is 4.98 Å². The molecule has 16 heavy (non-hydrogen) atoms. The lowest BCUT2D eigenvalue weighted by Gasteiger charge is -2.31. The van der Waals surface area contributed by atoms with Crippen molar-refractivity contribution in [1.82, 2.24) is 4.98 Å². The van der Waals surface area contributed by atoms with Gasteiger partial charge in [0.25, 0.3) is 0 Å². The Morgan fingerprint density at radius 3 is 3.25 bits per heavy atom. The van der Waals surface area contributed by atoms with E-state index in [1.165, 1.54) is 11.3 Å². The van der Waals surface area contributed by atoms with Gasteiger partial charge in [-0.2, -0.15) is 0 Å². The molecule has 0 bridgehead atoms. The number of anilines is 1. The number of thiazole rings is 1. The Bertz CT molecular complexity index is 385. The number of morpholine rings is 1. The number of carboxylic acid groups (broad SMARTS) is 1. The molecule has 0 aromatic carbocycles. The normalized spacial score (nSPS) is 21.1. The Balaban J connectivity index is 1.99. The zero-order chi connectivity index (χ0) is 11.5. The highest BCUT2D eigenvalue weighted by molar-refractivity contribution is 7.14. The van der Waals surface area contributed by atoms with Gasteiger partial charge in [0.05, 0.1) is 19.1 Å². The highest BCUT2D eigenvalue weighted by Gasteiger charge is 2.24. The molecule has 0 radical (unpaired) electrons. The third-order valence-corrected chi connectivity index (χ3v) is 3.50. The van der Waals surface area contributed by atoms with Crippen molar-refractivity contribution in [2.24, 2.45) is 0 Å². The zero-order valence-electron chi connectivity index (χ0n) is 8.43. The maximum Gasteiger partial charge on any atom is 0.306 e. The second-order valence-electron chi connectivity index (χ2n) is 3.49. The summed E-state index contributed by atoms with van der Waals surface area (Å²) in [6, 6.07) is 0. The number of carboxylic acids is 1. The lowest BCUT2D eigenvalue weighted by molar-refractivity contribution is -0.140. The van der Waals surface area contributed by atoms with E-state index in [1.807, 2.05) is 4.90 Å². The van der Waals surface area contributed by atoms with Gasteiger partial charge in [-0.15, -0.1) is 11.3 Å². The van der Waals surface area contributed by atoms with Crippen molar-refractivity contribution in [3.05, 3.63) is 10.5 Å². The summed E-state index contributed by atoms with van der Waals surface area (Å²) < 4.78 is 5.37. The highest BCUT2D eigenvalue weighted by Crippen LogP contribution is 2.25. The monoisotopic (exact) mass is 262 g/mol. The summed E-state index contributed by atoms with van der Waals surface area (Å²) in [6.07, 6.45) is -0.246. The molecule has 2 heterocycles. The van der Waals surface area contributed by atoms with Gasteiger partial charge in [0, 0.05) is 18.5 Å². The lowest BCUT2D eigenvalue weighted by atomic mass is 10.2. The fraction of sp³-hybridized carbons (Fsp3) is 0.556. The summed E-state index contributed by atoms with van der Waals surface area (Å²) in [5.74, 6) is -0.843. The van der Waals surface area contributed by atoms with E-state index in [0.29, 0.717) is 18.3 Å². The SMILES string of the molecule is O=C(O)CC1CN(c2nc(Cl)cs2)CCO1. The summed E-state index contributed by atoms with van der Waals surface area (Å²) in [7, 11) is 0. The molecule has 0 saturated carbocycles. The summed E-state index contributed by atoms with van der Waals surface area (Å²) in [4.78, 5) is 16.7. The average Bonchev–Trinajstić information content (AvgIpc) is 2.64. The van der Waals surface area contributed by atoms with E-state index in [9.17, 15) is 4.79 Å². The standard InChI is InChI=1S/C9H11ClN2O3S/c10-7-5-16-9(11-7)12-1-2-15-6(4-12)3-8(13)14/h5-6H,1-4H2,(H,13,14). The summed E-state index contributed by atoms with van der Waals surface area (Å²) >= 11 is 7.20. The number of hydrogen-bond donors (Lipinski definition) is 1. The molecular formula is C9H11ClN2O3S. The van der Waals surface area contributed by atoms with Crippen LogP contribution in [0.2, 0.25) is 5.15 Å². The van der Waals surface area contributed by atoms with Crippen molar-refractivity contribution >= 4 is 34.0 Å². The molecule has 0 amide bonds. The van der Waals surface area contributed by atoms with Crippen LogP contribution in [-0.2, 0) is 9.53 Å². The first kappa shape index (κ1) is 11.6. The van der Waals surface area contributed by atoms with Crippen molar-refractivity contribution in [2.45, 2.75) is 12.5 Å². The maximum absolute atomic E-state index is 10.6. The third kappa shape index (κ3) is 2.84. The summed E-state index contributed by atoms with van der Waals surface area (Å²) in [5.41, 5.74) is 0. The first-order valence-corrected chi connectivity index (χ1v) is 6.10. The van der Waals surface area contributed by atoms with E-state index < -0.39 is 5.97 Å². The van der Waals surface area contributed by atoms with Crippen LogP contribution in [0.25, 0.3) is 0 Å². The number of nitrogens with zero attached hydrogens (tertiary/aromatic N) is 2. The molecule has 1 aromatic rings. The zero-order valence-corrected chi connectivity index (χ0v) is 10.00. The van der Waals surface area contributed by atoms with Gasteiger partial charge in [0.2, 0.25) is 0 Å². The van der Waals surface area contributed by atoms with Crippen LogP contribution in [0.1, 0.15) is 6.42 Å². The summed E-state index contributed by atoms with van der Waals surface area (Å²) in [6.45, 7) is 1.80. The Hall–Kier alpha value is -0.850. The third-order valence-electron chi connectivity index (χ3n) is 2.28. The smallest absolute Gasteiger partial charge is 0.306 e. The topological polar surface area (TPSA) is 62.7 Å². The van der Waals surface area contributed by atoms with Gasteiger partial charge in [0.1, 0.15) is 5.15 Å². The predicted octanol–water partition coefficient (Wildman–Crippen LogP) is 1.48. The van der Waals surface area contributed by atoms with Gasteiger partial charge in [-0.3, -0.25) is 4.79 Å². The Kier molecular flexibility index (Phi) is 3.63. The van der Waals surface area contributed by atoms with Crippen LogP contribution in [0.5, 0.6) is 0 Å². The molecule has 1 N–H and O–H groups in total. The highest BCUT2D eigenvalue weighted by atomic mass is 35.5. The minimum atomic E-state index is -0.843. The fourth-order valence-electron chi connectivity index (χ4n) is 1.60. The van der Waals surface area contributed by atoms with Crippen LogP contribution in [0.15, 0.2) is 5.38 Å². The van der Waals surface area contributed by atoms with E-state index in [1.54, 1.807) is 5.38 Å². The first-order valence-electron chi connectivity index (χ1n) is 4.84. The molecule has 1 aromatic heterocycles. The molecule has 1 aliphatic rings. The number of rotatable bonds is 3. The van der Waals surface area contributed by atoms with Gasteiger partial charge in [0.15, 0.2) is 5.13 Å². The van der Waals surface area contributed by atoms with Crippen LogP contribution in [-0.4, -0.2) is 41.9 Å². The van der Waals surface area contributed by atoms with E-state index in [0.717, 1.165) is 11.7 Å². The van der Waals surface area contributed by atoms with E-state index in [4.69, 9.17) is 21.4 Å². The van der Waals surface area contributed by atoms with Crippen molar-refractivity contribution in [1.29, 1.82) is 0 Å². The van der Waals surface area contributed by atoms with Crippen molar-refractivity contribution in [2.75, 3.05) is 24.6 Å². The molecule has 1 saturated heterocycles. The first-order chi connectivity index (χ1) is 7.65. The Morgan fingerprint density at radius 2 is 2.62 bits per heavy atom. The molecule has 2 rings (SSSR count). The molecule has 1 fully saturated rings. The molecule has 7 heteroatoms. The number of halogens is 1. The number of aliphatic carboxylic acids is 1. The Morgan fingerprint density at radius 1 is 1.81 bits per heavy atom. The lowest BCUT2D eigenvalue weighted by Crippen LogP contribution is -2.43. The number of hydrogen-bond acceptors (Lipinski definition) is 5. The fourth-order valence-corrected chi connectivity index (χ4v) is 2.59. The van der Waals surface area contributed by atoms with E-state index >= 15 is 0 Å². The van der Waals surface area contributed by atoms with E-state index in [-0.39, 0.29) is 12.5 Å². The van der Waals surface area contributed by atoms with Crippen LogP contribution in [0, 0.1) is 0 Å². The van der Waals surface area contributed by atoms with Crippen molar-refractivity contribution in [3.63, 3.8) is 0 Å². The van der Waals surface area contributed by atoms with Crippen LogP contribution in [0.4, 0.5) is 5.13 Å². The molecule has 1 aliphatic heterocycles. The predicted molar refractivity (Wildman–Crippen MR) is 61.3 cm³/mol. The number of ether oxygens (including phenoxy) is 1. The van der Waals surface area contributed by atoms with Crippen molar-refractivity contribution in [3.8, 4) is 0 Å². The second-order valence-corrected chi connectivity index (χ2v) is 4.71. The largest absolute Gasteiger partial charge is 0.481 e. The Labute approximate surface area is 102 Å². The van der Waals surface area contributed by atoms with Crippen LogP contribution >= 0.6 is 22.9 Å². The molecule has 1 unspecified atom stereocenters. The van der Waals surface area contributed by atoms with Crippen LogP contribution < -0.4 is 4.90 Å². The average molecular weight is 263 g/mol. The molecule has 5 nitrogen and oxygen atoms in total. The molecular weight excluding hydrogens is 252 g/mol. The molecule has 1 atom stereocenters.